The van der Waals surface area contributed by atoms with E-state index >= 15 is 0 Å². The molecule has 10 nitrogen and oxygen atoms in total. The molecule has 0 unspecified atom stereocenters. The van der Waals surface area contributed by atoms with Gasteiger partial charge in [0.2, 0.25) is 0 Å². The van der Waals surface area contributed by atoms with Gasteiger partial charge in [0.05, 0.1) is 36.1 Å². The van der Waals surface area contributed by atoms with Crippen LogP contribution >= 0.6 is 0 Å². The molecule has 2 aromatic carbocycles. The van der Waals surface area contributed by atoms with Crippen LogP contribution in [0, 0.1) is 10.1 Å². The SMILES string of the molecule is CCN1CCN(c2ccccc2NC(=O)c2cc(OC)c(OCCOC)cc2[N+](=O)[O-])CC1. The highest BCUT2D eigenvalue weighted by molar-refractivity contribution is 6.09. The number of hydrogen-bond donors (Lipinski definition) is 1. The third kappa shape index (κ3) is 5.91. The molecule has 0 bridgehead atoms. The number of ether oxygens (including phenoxy) is 3. The van der Waals surface area contributed by atoms with Crippen molar-refractivity contribution in [3.8, 4) is 11.5 Å². The van der Waals surface area contributed by atoms with Crippen LogP contribution in [0.2, 0.25) is 0 Å². The van der Waals surface area contributed by atoms with Crippen LogP contribution in [0.3, 0.4) is 0 Å². The van der Waals surface area contributed by atoms with E-state index in [1.165, 1.54) is 26.4 Å². The maximum Gasteiger partial charge on any atom is 0.286 e. The van der Waals surface area contributed by atoms with Gasteiger partial charge in [-0.25, -0.2) is 0 Å². The topological polar surface area (TPSA) is 106 Å². The lowest BCUT2D eigenvalue weighted by molar-refractivity contribution is -0.385. The summed E-state index contributed by atoms with van der Waals surface area (Å²) in [6.07, 6.45) is 0. The minimum Gasteiger partial charge on any atom is -0.493 e. The minimum atomic E-state index is -0.604. The van der Waals surface area contributed by atoms with Crippen molar-refractivity contribution >= 4 is 23.0 Å². The molecular formula is C23H30N4O6. The largest absolute Gasteiger partial charge is 0.493 e. The summed E-state index contributed by atoms with van der Waals surface area (Å²) < 4.78 is 15.8. The van der Waals surface area contributed by atoms with Crippen LogP contribution in [0.1, 0.15) is 17.3 Å². The molecule has 0 aromatic heterocycles. The molecule has 0 spiro atoms. The van der Waals surface area contributed by atoms with Crippen LogP contribution in [0.5, 0.6) is 11.5 Å². The number of hydrogen-bond acceptors (Lipinski definition) is 8. The number of piperazine rings is 1. The van der Waals surface area contributed by atoms with Crippen LogP contribution in [-0.4, -0.2) is 75.9 Å². The van der Waals surface area contributed by atoms with E-state index in [4.69, 9.17) is 14.2 Å². The van der Waals surface area contributed by atoms with Gasteiger partial charge in [-0.2, -0.15) is 0 Å². The summed E-state index contributed by atoms with van der Waals surface area (Å²) in [7, 11) is 2.94. The normalized spacial score (nSPS) is 14.1. The highest BCUT2D eigenvalue weighted by Crippen LogP contribution is 2.36. The number of carbonyl (C=O) groups is 1. The summed E-state index contributed by atoms with van der Waals surface area (Å²) in [5, 5.41) is 14.6. The zero-order chi connectivity index (χ0) is 23.8. The van der Waals surface area contributed by atoms with Crippen molar-refractivity contribution in [1.29, 1.82) is 0 Å². The van der Waals surface area contributed by atoms with E-state index in [1.807, 2.05) is 18.2 Å². The van der Waals surface area contributed by atoms with Gasteiger partial charge in [-0.3, -0.25) is 14.9 Å². The molecule has 33 heavy (non-hydrogen) atoms. The molecule has 0 aliphatic carbocycles. The van der Waals surface area contributed by atoms with Gasteiger partial charge in [-0.15, -0.1) is 0 Å². The Morgan fingerprint density at radius 1 is 1.09 bits per heavy atom. The number of nitro benzene ring substituents is 1. The number of rotatable bonds is 10. The lowest BCUT2D eigenvalue weighted by Crippen LogP contribution is -2.46. The Balaban J connectivity index is 1.86. The van der Waals surface area contributed by atoms with E-state index in [9.17, 15) is 14.9 Å². The van der Waals surface area contributed by atoms with Crippen LogP contribution in [0.15, 0.2) is 36.4 Å². The highest BCUT2D eigenvalue weighted by atomic mass is 16.6. The van der Waals surface area contributed by atoms with Gasteiger partial charge in [0.25, 0.3) is 11.6 Å². The number of nitrogens with zero attached hydrogens (tertiary/aromatic N) is 3. The molecule has 0 radical (unpaired) electrons. The van der Waals surface area contributed by atoms with Gasteiger partial charge in [0, 0.05) is 39.4 Å². The molecule has 1 saturated heterocycles. The summed E-state index contributed by atoms with van der Waals surface area (Å²) in [5.74, 6) is -0.194. The van der Waals surface area contributed by atoms with Crippen molar-refractivity contribution in [2.75, 3.05) is 70.4 Å². The van der Waals surface area contributed by atoms with Crippen LogP contribution in [-0.2, 0) is 4.74 Å². The van der Waals surface area contributed by atoms with Crippen molar-refractivity contribution in [2.24, 2.45) is 0 Å². The molecule has 1 amide bonds. The number of anilines is 2. The summed E-state index contributed by atoms with van der Waals surface area (Å²) in [5.41, 5.74) is 1.01. The standard InChI is InChI=1S/C23H30N4O6/c1-4-25-9-11-26(12-10-25)19-8-6-5-7-18(19)24-23(28)17-15-21(32-3)22(33-14-13-31-2)16-20(17)27(29)30/h5-8,15-16H,4,9-14H2,1-3H3,(H,24,28). The molecular weight excluding hydrogens is 428 g/mol. The van der Waals surface area contributed by atoms with Crippen LogP contribution < -0.4 is 19.7 Å². The predicted molar refractivity (Wildman–Crippen MR) is 126 cm³/mol. The fourth-order valence-electron chi connectivity index (χ4n) is 3.74. The first-order chi connectivity index (χ1) is 16.0. The molecule has 0 saturated carbocycles. The maximum atomic E-state index is 13.2. The summed E-state index contributed by atoms with van der Waals surface area (Å²) in [6, 6.07) is 10.0. The average Bonchev–Trinajstić information content (AvgIpc) is 2.84. The molecule has 1 heterocycles. The molecule has 1 aliphatic rings. The first kappa shape index (κ1) is 24.3. The number of nitrogens with one attached hydrogen (secondary N) is 1. The van der Waals surface area contributed by atoms with E-state index in [0.29, 0.717) is 12.3 Å². The second-order valence-corrected chi connectivity index (χ2v) is 7.51. The Bertz CT molecular complexity index is 975. The average molecular weight is 459 g/mol. The maximum absolute atomic E-state index is 13.2. The quantitative estimate of drug-likeness (QED) is 0.329. The number of para-hydroxylation sites is 2. The van der Waals surface area contributed by atoms with Gasteiger partial charge in [-0.1, -0.05) is 19.1 Å². The molecule has 10 heteroatoms. The Kier molecular flexibility index (Phi) is 8.45. The van der Waals surface area contributed by atoms with Crippen molar-refractivity contribution in [3.05, 3.63) is 52.1 Å². The van der Waals surface area contributed by atoms with Crippen LogP contribution in [0.25, 0.3) is 0 Å². The Hall–Kier alpha value is -3.37. The van der Waals surface area contributed by atoms with Crippen molar-refractivity contribution in [1.82, 2.24) is 4.90 Å². The predicted octanol–water partition coefficient (Wildman–Crippen LogP) is 3.02. The summed E-state index contributed by atoms with van der Waals surface area (Å²) in [4.78, 5) is 28.9. The molecule has 178 valence electrons. The number of amides is 1. The van der Waals surface area contributed by atoms with E-state index < -0.39 is 10.8 Å². The molecule has 1 fully saturated rings. The fraction of sp³-hybridized carbons (Fsp3) is 0.435. The van der Waals surface area contributed by atoms with Gasteiger partial charge in [0.15, 0.2) is 11.5 Å². The lowest BCUT2D eigenvalue weighted by Gasteiger charge is -2.36. The summed E-state index contributed by atoms with van der Waals surface area (Å²) >= 11 is 0. The highest BCUT2D eigenvalue weighted by Gasteiger charge is 2.26. The number of benzene rings is 2. The zero-order valence-electron chi connectivity index (χ0n) is 19.2. The molecule has 1 aliphatic heterocycles. The third-order valence-electron chi connectivity index (χ3n) is 5.58. The van der Waals surface area contributed by atoms with Crippen molar-refractivity contribution in [2.45, 2.75) is 6.92 Å². The number of carbonyl (C=O) groups excluding carboxylic acids is 1. The summed E-state index contributed by atoms with van der Waals surface area (Å²) in [6.45, 7) is 7.18. The lowest BCUT2D eigenvalue weighted by atomic mass is 10.1. The number of likely N-dealkylation sites (N-methyl/N-ethyl adjacent to an activating group) is 1. The van der Waals surface area contributed by atoms with E-state index in [0.717, 1.165) is 38.4 Å². The van der Waals surface area contributed by atoms with Gasteiger partial charge < -0.3 is 29.3 Å². The third-order valence-corrected chi connectivity index (χ3v) is 5.58. The molecule has 1 N–H and O–H groups in total. The fourth-order valence-corrected chi connectivity index (χ4v) is 3.74. The molecule has 3 rings (SSSR count). The Labute approximate surface area is 193 Å². The Morgan fingerprint density at radius 3 is 2.45 bits per heavy atom. The van der Waals surface area contributed by atoms with Gasteiger partial charge in [-0.05, 0) is 18.7 Å². The Morgan fingerprint density at radius 2 is 1.82 bits per heavy atom. The van der Waals surface area contributed by atoms with E-state index in [2.05, 4.69) is 22.0 Å². The van der Waals surface area contributed by atoms with Crippen molar-refractivity contribution in [3.63, 3.8) is 0 Å². The molecule has 2 aromatic rings. The van der Waals surface area contributed by atoms with Crippen molar-refractivity contribution < 1.29 is 23.9 Å². The first-order valence-electron chi connectivity index (χ1n) is 10.8. The number of nitro groups is 1. The number of methoxy groups -OCH3 is 2. The van der Waals surface area contributed by atoms with Gasteiger partial charge >= 0.3 is 0 Å². The van der Waals surface area contributed by atoms with Crippen LogP contribution in [0.4, 0.5) is 17.1 Å². The van der Waals surface area contributed by atoms with E-state index in [1.54, 1.807) is 6.07 Å². The zero-order valence-corrected chi connectivity index (χ0v) is 19.2. The van der Waals surface area contributed by atoms with E-state index in [-0.39, 0.29) is 29.4 Å². The first-order valence-corrected chi connectivity index (χ1v) is 10.8. The van der Waals surface area contributed by atoms with Gasteiger partial charge in [0.1, 0.15) is 12.2 Å². The second-order valence-electron chi connectivity index (χ2n) is 7.51. The molecule has 0 atom stereocenters. The monoisotopic (exact) mass is 458 g/mol. The second kappa shape index (κ2) is 11.5. The smallest absolute Gasteiger partial charge is 0.286 e. The minimum absolute atomic E-state index is 0.110.